The number of aliphatic imine (C=N–C) groups is 1. The first-order valence-corrected chi connectivity index (χ1v) is 23.4. The van der Waals surface area contributed by atoms with Gasteiger partial charge in [-0.3, -0.25) is 19.4 Å². The highest BCUT2D eigenvalue weighted by atomic mass is 35.5. The van der Waals surface area contributed by atoms with Gasteiger partial charge in [0, 0.05) is 47.7 Å². The maximum Gasteiger partial charge on any atom is 0.260 e. The van der Waals surface area contributed by atoms with Crippen LogP contribution in [-0.2, 0) is 9.59 Å². The Balaban J connectivity index is 0.000000437. The summed E-state index contributed by atoms with van der Waals surface area (Å²) in [5, 5.41) is 5.51. The van der Waals surface area contributed by atoms with Gasteiger partial charge in [0.25, 0.3) is 5.56 Å². The largest absolute Gasteiger partial charge is 0.383 e. The van der Waals surface area contributed by atoms with Gasteiger partial charge in [-0.05, 0) is 161 Å². The van der Waals surface area contributed by atoms with Crippen molar-refractivity contribution >= 4 is 122 Å². The normalized spacial score (nSPS) is 9.92. The van der Waals surface area contributed by atoms with E-state index in [1.165, 1.54) is 19.4 Å². The van der Waals surface area contributed by atoms with E-state index in [0.717, 1.165) is 90.0 Å². The Morgan fingerprint density at radius 1 is 0.722 bits per heavy atom. The molecule has 0 radical (unpaired) electrons. The monoisotopic (exact) mass is 1060 g/mol. The Bertz CT molecular complexity index is 3340. The van der Waals surface area contributed by atoms with Crippen molar-refractivity contribution in [1.82, 2.24) is 53.5 Å². The number of anilines is 2. The van der Waals surface area contributed by atoms with Gasteiger partial charge in [0.15, 0.2) is 0 Å². The smallest absolute Gasteiger partial charge is 0.260 e. The molecule has 0 bridgehead atoms. The molecule has 0 spiro atoms. The SMILES string of the molecule is C.C=C.C=Cc1nc(C)nc2[nH]c(C)c(C)c12.C=Nc1c(C)c(C)n(P)c1N.CC(=O)Cl.Cc1nc(Cl)c2c(C)c(C)[nH]c2n1.Cc1nc2[nH]c(C)c(C)c2c(=O)[nH]1.[C-]#[N+]c1c(C)c(C)n(P)c1NC(C)=O. The third-order valence-electron chi connectivity index (χ3n) is 11.0. The van der Waals surface area contributed by atoms with Gasteiger partial charge in [-0.15, -0.1) is 13.2 Å². The summed E-state index contributed by atoms with van der Waals surface area (Å²) in [5.41, 5.74) is 20.9. The van der Waals surface area contributed by atoms with Gasteiger partial charge >= 0.3 is 0 Å². The highest BCUT2D eigenvalue weighted by Gasteiger charge is 2.17. The van der Waals surface area contributed by atoms with Crippen LogP contribution in [-0.4, -0.2) is 71.4 Å². The van der Waals surface area contributed by atoms with Crippen molar-refractivity contribution < 1.29 is 9.59 Å². The standard InChI is InChI=1S/C11H13N3.C9H10ClN3.C9H12N3OP.C9H11N3O.C7H12N3P.C2H3ClO.C2H4.CH4/c1-5-9-10-6(2)7(3)12-11(10)14-8(4)13-9;1-4-5(2)11-9-7(4)8(10)12-6(3)13-9;1-5-6(2)12(14)9(8(5)10-4)11-7(3)13;1-4-5(2)10-8-7(4)9(13)12-6(3)11-8;1-4-5(2)10(11)7(8)6(4)9-3;1-2(3)4;1-2;/h5H,1H2,2-4H3,(H,12,13,14);1-3H3,(H,11,12,13);14H2,1-3H3,(H,11,13);1-3H3,(H2,10,11,12,13);3,8,11H2,1-2H3;1H3;1-2H2;1H4. The van der Waals surface area contributed by atoms with Crippen molar-refractivity contribution in [1.29, 1.82) is 0 Å². The van der Waals surface area contributed by atoms with Crippen LogP contribution in [0.1, 0.15) is 101 Å². The third kappa shape index (κ3) is 15.1. The van der Waals surface area contributed by atoms with Crippen LogP contribution in [0.15, 0.2) is 29.5 Å². The number of aromatic amines is 4. The third-order valence-corrected chi connectivity index (χ3v) is 12.6. The predicted octanol–water partition coefficient (Wildman–Crippen LogP) is 12.4. The average molecular weight is 1060 g/mol. The molecule has 386 valence electrons. The Kier molecular flexibility index (Phi) is 24.4. The molecule has 0 aliphatic carbocycles. The Labute approximate surface area is 436 Å². The lowest BCUT2D eigenvalue weighted by Crippen LogP contribution is -2.09. The summed E-state index contributed by atoms with van der Waals surface area (Å²) < 4.78 is 3.57. The van der Waals surface area contributed by atoms with Crippen molar-refractivity contribution in [3.05, 3.63) is 126 Å². The molecule has 8 rings (SSSR count). The number of nitrogens with two attached hydrogens (primary N) is 1. The fourth-order valence-corrected chi connectivity index (χ4v) is 7.89. The maximum absolute atomic E-state index is 11.5. The molecular weight excluding hydrogens is 992 g/mol. The summed E-state index contributed by atoms with van der Waals surface area (Å²) in [5.74, 6) is 3.13. The minimum Gasteiger partial charge on any atom is -0.383 e. The van der Waals surface area contributed by atoms with Crippen molar-refractivity contribution in [2.75, 3.05) is 11.1 Å². The first kappa shape index (κ1) is 63.3. The lowest BCUT2D eigenvalue weighted by molar-refractivity contribution is -0.114. The molecule has 0 saturated carbocycles. The number of hydrogen-bond acceptors (Lipinski definition) is 10. The molecule has 0 aliphatic heterocycles. The lowest BCUT2D eigenvalue weighted by Gasteiger charge is -2.05. The number of carbonyl (C=O) groups is 2. The number of rotatable bonds is 3. The zero-order valence-electron chi connectivity index (χ0n) is 43.1. The first-order chi connectivity index (χ1) is 33.1. The van der Waals surface area contributed by atoms with Gasteiger partial charge in [-0.2, -0.15) is 0 Å². The second-order valence-corrected chi connectivity index (χ2v) is 17.8. The number of hydrogen-bond donors (Lipinski definition) is 6. The number of aryl methyl sites for hydroxylation is 9. The van der Waals surface area contributed by atoms with Crippen LogP contribution in [0.3, 0.4) is 0 Å². The van der Waals surface area contributed by atoms with E-state index in [9.17, 15) is 14.4 Å². The van der Waals surface area contributed by atoms with Gasteiger partial charge in [-0.1, -0.05) is 25.6 Å². The molecule has 0 aliphatic rings. The quantitative estimate of drug-likeness (QED) is 0.0246. The van der Waals surface area contributed by atoms with E-state index < -0.39 is 0 Å². The van der Waals surface area contributed by atoms with Crippen LogP contribution in [0.25, 0.3) is 44.0 Å². The molecule has 8 heterocycles. The Morgan fingerprint density at radius 2 is 1.15 bits per heavy atom. The van der Waals surface area contributed by atoms with Crippen LogP contribution < -0.4 is 16.6 Å². The number of fused-ring (bicyclic) bond motifs is 3. The Hall–Kier alpha value is -6.76. The number of nitrogens with zero attached hydrogens (tertiary/aromatic N) is 9. The molecule has 22 heteroatoms. The highest BCUT2D eigenvalue weighted by Crippen LogP contribution is 2.36. The van der Waals surface area contributed by atoms with E-state index in [1.807, 2.05) is 80.5 Å². The van der Waals surface area contributed by atoms with E-state index in [1.54, 1.807) is 17.3 Å². The van der Waals surface area contributed by atoms with Crippen molar-refractivity contribution in [3.63, 3.8) is 0 Å². The summed E-state index contributed by atoms with van der Waals surface area (Å²) in [6, 6.07) is 0. The average Bonchev–Trinajstić information content (AvgIpc) is 3.97. The van der Waals surface area contributed by atoms with E-state index in [-0.39, 0.29) is 24.1 Å². The maximum atomic E-state index is 11.5. The second kappa shape index (κ2) is 27.7. The molecule has 2 unspecified atom stereocenters. The number of amides is 1. The zero-order valence-corrected chi connectivity index (χ0v) is 47.0. The van der Waals surface area contributed by atoms with Gasteiger partial charge in [0.05, 0.1) is 23.0 Å². The van der Waals surface area contributed by atoms with Crippen LogP contribution in [0.5, 0.6) is 0 Å². The van der Waals surface area contributed by atoms with Crippen molar-refractivity contribution in [3.8, 4) is 0 Å². The van der Waals surface area contributed by atoms with Gasteiger partial charge in [0.1, 0.15) is 56.9 Å². The molecule has 0 saturated heterocycles. The van der Waals surface area contributed by atoms with Crippen molar-refractivity contribution in [2.24, 2.45) is 4.99 Å². The molecule has 2 atom stereocenters. The minimum atomic E-state index is -0.361. The van der Waals surface area contributed by atoms with Crippen molar-refractivity contribution in [2.45, 2.75) is 111 Å². The second-order valence-electron chi connectivity index (χ2n) is 15.9. The van der Waals surface area contributed by atoms with E-state index in [4.69, 9.17) is 23.9 Å². The number of carbonyl (C=O) groups excluding carboxylic acids is 2. The molecule has 72 heavy (non-hydrogen) atoms. The number of nitrogen functional groups attached to an aromatic ring is 1. The van der Waals surface area contributed by atoms with Gasteiger partial charge < -0.3 is 39.7 Å². The molecule has 7 N–H and O–H groups in total. The fraction of sp³-hybridized carbons (Fsp3) is 0.320. The summed E-state index contributed by atoms with van der Waals surface area (Å²) in [6.45, 7) is 48.2. The van der Waals surface area contributed by atoms with Crippen LogP contribution in [0, 0.1) is 96.6 Å². The number of aromatic nitrogens is 11. The predicted molar refractivity (Wildman–Crippen MR) is 309 cm³/mol. The fourth-order valence-electron chi connectivity index (χ4n) is 6.84. The summed E-state index contributed by atoms with van der Waals surface area (Å²) >= 11 is 10.6. The van der Waals surface area contributed by atoms with Crippen LogP contribution in [0.4, 0.5) is 23.0 Å². The van der Waals surface area contributed by atoms with E-state index in [2.05, 4.69) is 124 Å². The molecule has 0 aromatic carbocycles. The molecular formula is C50H69Cl2N15O3P2. The number of H-pyrrole nitrogens is 4. The topological polar surface area (TPSA) is 243 Å². The molecule has 18 nitrogen and oxygen atoms in total. The van der Waals surface area contributed by atoms with Gasteiger partial charge in [0.2, 0.25) is 16.8 Å². The molecule has 8 aromatic heterocycles. The number of halogens is 2. The lowest BCUT2D eigenvalue weighted by atomic mass is 10.1. The summed E-state index contributed by atoms with van der Waals surface area (Å²) in [4.78, 5) is 72.3. The summed E-state index contributed by atoms with van der Waals surface area (Å²) in [6.07, 6.45) is 1.78. The van der Waals surface area contributed by atoms with Crippen LogP contribution in [0.2, 0.25) is 5.15 Å². The van der Waals surface area contributed by atoms with Crippen LogP contribution >= 0.6 is 42.0 Å². The minimum absolute atomic E-state index is 0. The number of nitrogens with one attached hydrogen (secondary N) is 5. The molecule has 8 aromatic rings. The zero-order chi connectivity index (χ0) is 54.5. The van der Waals surface area contributed by atoms with Gasteiger partial charge in [-0.25, -0.2) is 29.8 Å². The van der Waals surface area contributed by atoms with E-state index in [0.29, 0.717) is 45.2 Å². The molecule has 0 fully saturated rings. The summed E-state index contributed by atoms with van der Waals surface area (Å²) in [7, 11) is 5.01. The highest BCUT2D eigenvalue weighted by molar-refractivity contribution is 7.15. The Morgan fingerprint density at radius 3 is 1.57 bits per heavy atom. The van der Waals surface area contributed by atoms with E-state index >= 15 is 0 Å². The first-order valence-electron chi connectivity index (χ1n) is 21.6. The molecule has 1 amide bonds.